The molecule has 0 amide bonds. The Morgan fingerprint density at radius 2 is 1.50 bits per heavy atom. The molecule has 0 N–H and O–H groups in total. The Morgan fingerprint density at radius 3 is 2.17 bits per heavy atom. The van der Waals surface area contributed by atoms with E-state index < -0.39 is 0 Å². The Hall–Kier alpha value is -2.39. The Bertz CT molecular complexity index is 814. The summed E-state index contributed by atoms with van der Waals surface area (Å²) < 4.78 is 6.25. The second kappa shape index (κ2) is 7.93. The van der Waals surface area contributed by atoms with Crippen LogP contribution in [0, 0.1) is 0 Å². The molecule has 24 heavy (non-hydrogen) atoms. The van der Waals surface area contributed by atoms with Crippen LogP contribution in [0.4, 0.5) is 0 Å². The third-order valence-corrected chi connectivity index (χ3v) is 4.34. The van der Waals surface area contributed by atoms with Crippen molar-refractivity contribution in [3.05, 3.63) is 88.9 Å². The van der Waals surface area contributed by atoms with Gasteiger partial charge in [0.25, 0.3) is 0 Å². The van der Waals surface area contributed by atoms with E-state index in [1.807, 2.05) is 78.9 Å². The first-order valence-corrected chi connectivity index (χ1v) is 8.61. The molecule has 0 unspecified atom stereocenters. The lowest BCUT2D eigenvalue weighted by Crippen LogP contribution is -2.09. The van der Waals surface area contributed by atoms with E-state index in [1.54, 1.807) is 0 Å². The molecule has 0 aromatic heterocycles. The van der Waals surface area contributed by atoms with E-state index in [-0.39, 0.29) is 5.97 Å². The smallest absolute Gasteiger partial charge is 0.311 e. The molecule has 3 aromatic carbocycles. The molecular weight excluding hydrogens is 364 g/mol. The third-order valence-electron chi connectivity index (χ3n) is 3.72. The third kappa shape index (κ3) is 4.33. The van der Waals surface area contributed by atoms with Gasteiger partial charge in [0, 0.05) is 6.42 Å². The highest BCUT2D eigenvalue weighted by Gasteiger charge is 2.10. The minimum atomic E-state index is -0.230. The van der Waals surface area contributed by atoms with Crippen molar-refractivity contribution in [3.8, 4) is 16.9 Å². The molecule has 0 heterocycles. The van der Waals surface area contributed by atoms with Gasteiger partial charge in [-0.3, -0.25) is 4.79 Å². The van der Waals surface area contributed by atoms with Gasteiger partial charge in [0.15, 0.2) is 0 Å². The highest BCUT2D eigenvalue weighted by Crippen LogP contribution is 2.31. The van der Waals surface area contributed by atoms with E-state index in [0.29, 0.717) is 18.6 Å². The van der Waals surface area contributed by atoms with Gasteiger partial charge in [0.2, 0.25) is 0 Å². The summed E-state index contributed by atoms with van der Waals surface area (Å²) in [4.78, 5) is 12.0. The number of hydrogen-bond donors (Lipinski definition) is 0. The fraction of sp³-hybridized carbons (Fsp3) is 0.0952. The fourth-order valence-corrected chi connectivity index (χ4v) is 2.92. The second-order valence-corrected chi connectivity index (χ2v) is 6.33. The zero-order valence-corrected chi connectivity index (χ0v) is 14.7. The molecule has 3 heteroatoms. The van der Waals surface area contributed by atoms with Gasteiger partial charge in [-0.1, -0.05) is 66.7 Å². The van der Waals surface area contributed by atoms with Gasteiger partial charge in [-0.15, -0.1) is 0 Å². The van der Waals surface area contributed by atoms with Crippen LogP contribution in [0.1, 0.15) is 12.0 Å². The van der Waals surface area contributed by atoms with Crippen molar-refractivity contribution in [3.63, 3.8) is 0 Å². The zero-order chi connectivity index (χ0) is 16.8. The number of ether oxygens (including phenoxy) is 1. The summed E-state index contributed by atoms with van der Waals surface area (Å²) in [6.45, 7) is 0. The summed E-state index contributed by atoms with van der Waals surface area (Å²) in [6, 6.07) is 25.8. The largest absolute Gasteiger partial charge is 0.425 e. The second-order valence-electron chi connectivity index (χ2n) is 5.47. The monoisotopic (exact) mass is 380 g/mol. The van der Waals surface area contributed by atoms with Crippen LogP contribution >= 0.6 is 15.9 Å². The van der Waals surface area contributed by atoms with E-state index >= 15 is 0 Å². The topological polar surface area (TPSA) is 26.3 Å². The normalized spacial score (nSPS) is 10.4. The standard InChI is InChI=1S/C21H17BrO2/c22-19-15-18(17-9-5-2-6-10-17)12-13-20(19)24-21(23)14-11-16-7-3-1-4-8-16/h1-10,12-13,15H,11,14H2. The van der Waals surface area contributed by atoms with Crippen molar-refractivity contribution >= 4 is 21.9 Å². The van der Waals surface area contributed by atoms with Crippen LogP contribution in [0.25, 0.3) is 11.1 Å². The maximum absolute atomic E-state index is 12.0. The quantitative estimate of drug-likeness (QED) is 0.421. The minimum Gasteiger partial charge on any atom is -0.425 e. The van der Waals surface area contributed by atoms with Crippen LogP contribution in [0.15, 0.2) is 83.3 Å². The number of halogens is 1. The predicted octanol–water partition coefficient (Wildman–Crippen LogP) is 5.65. The molecule has 0 atom stereocenters. The van der Waals surface area contributed by atoms with Crippen molar-refractivity contribution in [2.24, 2.45) is 0 Å². The first kappa shape index (κ1) is 16.5. The SMILES string of the molecule is O=C(CCc1ccccc1)Oc1ccc(-c2ccccc2)cc1Br. The van der Waals surface area contributed by atoms with Crippen LogP contribution in [0.2, 0.25) is 0 Å². The molecule has 0 aliphatic carbocycles. The van der Waals surface area contributed by atoms with Gasteiger partial charge < -0.3 is 4.74 Å². The molecular formula is C21H17BrO2. The molecule has 0 aliphatic rings. The number of benzene rings is 3. The summed E-state index contributed by atoms with van der Waals surface area (Å²) in [5.41, 5.74) is 3.33. The van der Waals surface area contributed by atoms with Gasteiger partial charge in [-0.25, -0.2) is 0 Å². The average molecular weight is 381 g/mol. The number of carbonyl (C=O) groups excluding carboxylic acids is 1. The summed E-state index contributed by atoms with van der Waals surface area (Å²) in [7, 11) is 0. The van der Waals surface area contributed by atoms with Crippen LogP contribution in [-0.2, 0) is 11.2 Å². The summed E-state index contributed by atoms with van der Waals surface area (Å²) in [5.74, 6) is 0.319. The van der Waals surface area contributed by atoms with E-state index in [9.17, 15) is 4.79 Å². The zero-order valence-electron chi connectivity index (χ0n) is 13.1. The van der Waals surface area contributed by atoms with Crippen LogP contribution in [0.5, 0.6) is 5.75 Å². The van der Waals surface area contributed by atoms with E-state index in [2.05, 4.69) is 15.9 Å². The molecule has 0 aliphatic heterocycles. The van der Waals surface area contributed by atoms with Crippen molar-refractivity contribution < 1.29 is 9.53 Å². The summed E-state index contributed by atoms with van der Waals surface area (Å²) in [6.07, 6.45) is 1.04. The Labute approximate surface area is 150 Å². The molecule has 0 fully saturated rings. The van der Waals surface area contributed by atoms with Crippen molar-refractivity contribution in [1.29, 1.82) is 0 Å². The fourth-order valence-electron chi connectivity index (χ4n) is 2.46. The lowest BCUT2D eigenvalue weighted by Gasteiger charge is -2.09. The van der Waals surface area contributed by atoms with Gasteiger partial charge in [-0.05, 0) is 51.2 Å². The summed E-state index contributed by atoms with van der Waals surface area (Å²) >= 11 is 3.49. The Balaban J connectivity index is 1.64. The summed E-state index contributed by atoms with van der Waals surface area (Å²) in [5, 5.41) is 0. The molecule has 3 rings (SSSR count). The first-order valence-electron chi connectivity index (χ1n) is 7.82. The molecule has 2 nitrogen and oxygen atoms in total. The molecule has 0 saturated heterocycles. The lowest BCUT2D eigenvalue weighted by atomic mass is 10.1. The van der Waals surface area contributed by atoms with E-state index in [1.165, 1.54) is 0 Å². The van der Waals surface area contributed by atoms with E-state index in [0.717, 1.165) is 21.2 Å². The number of carbonyl (C=O) groups is 1. The van der Waals surface area contributed by atoms with Crippen LogP contribution < -0.4 is 4.74 Å². The van der Waals surface area contributed by atoms with E-state index in [4.69, 9.17) is 4.74 Å². The minimum absolute atomic E-state index is 0.230. The molecule has 0 saturated carbocycles. The molecule has 3 aromatic rings. The molecule has 0 bridgehead atoms. The lowest BCUT2D eigenvalue weighted by molar-refractivity contribution is -0.134. The highest BCUT2D eigenvalue weighted by molar-refractivity contribution is 9.10. The number of aryl methyl sites for hydroxylation is 1. The van der Waals surface area contributed by atoms with Gasteiger partial charge in [0.1, 0.15) is 5.75 Å². The number of rotatable bonds is 5. The Kier molecular flexibility index (Phi) is 5.44. The molecule has 0 spiro atoms. The molecule has 0 radical (unpaired) electrons. The van der Waals surface area contributed by atoms with Crippen molar-refractivity contribution in [2.45, 2.75) is 12.8 Å². The van der Waals surface area contributed by atoms with Crippen LogP contribution in [-0.4, -0.2) is 5.97 Å². The van der Waals surface area contributed by atoms with Crippen molar-refractivity contribution in [1.82, 2.24) is 0 Å². The maximum Gasteiger partial charge on any atom is 0.311 e. The number of hydrogen-bond acceptors (Lipinski definition) is 2. The predicted molar refractivity (Wildman–Crippen MR) is 100.0 cm³/mol. The van der Waals surface area contributed by atoms with Gasteiger partial charge in [0.05, 0.1) is 4.47 Å². The number of esters is 1. The Morgan fingerprint density at radius 1 is 0.833 bits per heavy atom. The van der Waals surface area contributed by atoms with Gasteiger partial charge >= 0.3 is 5.97 Å². The maximum atomic E-state index is 12.0. The first-order chi connectivity index (χ1) is 11.7. The molecule has 120 valence electrons. The van der Waals surface area contributed by atoms with Crippen LogP contribution in [0.3, 0.4) is 0 Å². The average Bonchev–Trinajstić information content (AvgIpc) is 2.63. The van der Waals surface area contributed by atoms with Gasteiger partial charge in [-0.2, -0.15) is 0 Å². The van der Waals surface area contributed by atoms with Crippen molar-refractivity contribution in [2.75, 3.05) is 0 Å². The highest BCUT2D eigenvalue weighted by atomic mass is 79.9.